The van der Waals surface area contributed by atoms with Crippen molar-refractivity contribution >= 4 is 11.9 Å². The number of esters is 1. The number of hydrogen-bond acceptors (Lipinski definition) is 4. The third-order valence-corrected chi connectivity index (χ3v) is 5.88. The van der Waals surface area contributed by atoms with Gasteiger partial charge in [0.05, 0.1) is 0 Å². The average Bonchev–Trinajstić information content (AvgIpc) is 3.07. The van der Waals surface area contributed by atoms with Crippen LogP contribution in [0.3, 0.4) is 0 Å². The van der Waals surface area contributed by atoms with Crippen molar-refractivity contribution in [1.29, 1.82) is 0 Å². The monoisotopic (exact) mass is 409 g/mol. The Morgan fingerprint density at radius 1 is 0.867 bits per heavy atom. The van der Waals surface area contributed by atoms with E-state index in [0.29, 0.717) is 19.4 Å². The lowest BCUT2D eigenvalue weighted by Crippen LogP contribution is -2.27. The predicted octanol–water partition coefficient (Wildman–Crippen LogP) is 4.73. The number of carbonyl (C=O) groups is 2. The highest BCUT2D eigenvalue weighted by Gasteiger charge is 2.32. The molecular weight excluding hydrogens is 378 g/mol. The van der Waals surface area contributed by atoms with Gasteiger partial charge in [0, 0.05) is 5.92 Å². The second kappa shape index (κ2) is 10.9. The van der Waals surface area contributed by atoms with Crippen molar-refractivity contribution in [3.63, 3.8) is 0 Å². The van der Waals surface area contributed by atoms with E-state index >= 15 is 0 Å². The Morgan fingerprint density at radius 2 is 1.40 bits per heavy atom. The summed E-state index contributed by atoms with van der Waals surface area (Å²) in [6, 6.07) is 16.2. The first-order valence-electron chi connectivity index (χ1n) is 10.9. The quantitative estimate of drug-likeness (QED) is 0.300. The smallest absolute Gasteiger partial charge is 0.320 e. The summed E-state index contributed by atoms with van der Waals surface area (Å²) >= 11 is 0. The van der Waals surface area contributed by atoms with Gasteiger partial charge in [-0.2, -0.15) is 0 Å². The fraction of sp³-hybridized carbons (Fsp3) is 0.440. The molecule has 0 amide bonds. The molecule has 30 heavy (non-hydrogen) atoms. The third-order valence-electron chi connectivity index (χ3n) is 5.88. The van der Waals surface area contributed by atoms with Crippen LogP contribution in [0.2, 0.25) is 0 Å². The molecule has 0 aliphatic heterocycles. The van der Waals surface area contributed by atoms with Gasteiger partial charge in [0.25, 0.3) is 0 Å². The standard InChI is InChI=1S/C25H31NO4/c26-16-10-4-2-1-3-5-15-22(24(27)28)25(29)30-17-23-20-13-8-6-11-18(20)19-12-7-9-14-21(19)23/h6-9,11-14,22-23H,1-5,10,15-17,26H2,(H,27,28). The zero-order valence-corrected chi connectivity index (χ0v) is 17.4. The molecule has 1 unspecified atom stereocenters. The van der Waals surface area contributed by atoms with E-state index < -0.39 is 17.9 Å². The van der Waals surface area contributed by atoms with Crippen LogP contribution in [0.25, 0.3) is 11.1 Å². The highest BCUT2D eigenvalue weighted by atomic mass is 16.5. The van der Waals surface area contributed by atoms with E-state index in [9.17, 15) is 14.7 Å². The number of unbranched alkanes of at least 4 members (excludes halogenated alkanes) is 5. The highest BCUT2D eigenvalue weighted by Crippen LogP contribution is 2.44. The molecule has 1 aliphatic rings. The molecule has 0 fully saturated rings. The number of hydrogen-bond donors (Lipinski definition) is 2. The minimum atomic E-state index is -1.10. The van der Waals surface area contributed by atoms with Gasteiger partial charge in [-0.1, -0.05) is 80.6 Å². The van der Waals surface area contributed by atoms with Gasteiger partial charge in [0.2, 0.25) is 0 Å². The second-order valence-electron chi connectivity index (χ2n) is 7.95. The zero-order valence-electron chi connectivity index (χ0n) is 17.4. The molecule has 0 bridgehead atoms. The summed E-state index contributed by atoms with van der Waals surface area (Å²) in [7, 11) is 0. The number of carbonyl (C=O) groups excluding carboxylic acids is 1. The van der Waals surface area contributed by atoms with Crippen LogP contribution < -0.4 is 5.73 Å². The molecule has 0 saturated heterocycles. The molecule has 160 valence electrons. The van der Waals surface area contributed by atoms with Gasteiger partial charge in [0.15, 0.2) is 5.92 Å². The third kappa shape index (κ3) is 5.28. The molecule has 0 aromatic heterocycles. The summed E-state index contributed by atoms with van der Waals surface area (Å²) < 4.78 is 5.54. The van der Waals surface area contributed by atoms with Crippen LogP contribution in [0.15, 0.2) is 48.5 Å². The number of ether oxygens (including phenoxy) is 1. The molecule has 1 atom stereocenters. The maximum absolute atomic E-state index is 12.6. The van der Waals surface area contributed by atoms with Crippen LogP contribution in [0.5, 0.6) is 0 Å². The average molecular weight is 410 g/mol. The van der Waals surface area contributed by atoms with Crippen LogP contribution in [0.1, 0.15) is 62.0 Å². The minimum Gasteiger partial charge on any atom is -0.481 e. The summed E-state index contributed by atoms with van der Waals surface area (Å²) in [5.74, 6) is -2.89. The Labute approximate surface area is 178 Å². The largest absolute Gasteiger partial charge is 0.481 e. The predicted molar refractivity (Wildman–Crippen MR) is 117 cm³/mol. The Kier molecular flexibility index (Phi) is 8.03. The van der Waals surface area contributed by atoms with Crippen molar-refractivity contribution in [2.45, 2.75) is 50.9 Å². The van der Waals surface area contributed by atoms with Crippen molar-refractivity contribution in [3.8, 4) is 11.1 Å². The summed E-state index contributed by atoms with van der Waals surface area (Å²) in [6.45, 7) is 0.874. The second-order valence-corrected chi connectivity index (χ2v) is 7.95. The molecule has 0 radical (unpaired) electrons. The van der Waals surface area contributed by atoms with Crippen LogP contribution in [0.4, 0.5) is 0 Å². The molecular formula is C25H31NO4. The molecule has 5 heteroatoms. The Morgan fingerprint density at radius 3 is 1.97 bits per heavy atom. The van der Waals surface area contributed by atoms with Crippen LogP contribution in [-0.2, 0) is 14.3 Å². The van der Waals surface area contributed by atoms with Gasteiger partial charge in [-0.05, 0) is 41.6 Å². The zero-order chi connectivity index (χ0) is 21.3. The number of fused-ring (bicyclic) bond motifs is 3. The number of carboxylic acid groups (broad SMARTS) is 1. The number of rotatable bonds is 12. The minimum absolute atomic E-state index is 0.0571. The molecule has 0 spiro atoms. The number of nitrogens with two attached hydrogens (primary N) is 1. The van der Waals surface area contributed by atoms with E-state index in [1.807, 2.05) is 36.4 Å². The lowest BCUT2D eigenvalue weighted by atomic mass is 9.97. The lowest BCUT2D eigenvalue weighted by Gasteiger charge is -2.17. The SMILES string of the molecule is NCCCCCCCCC(C(=O)O)C(=O)OCC1c2ccccc2-c2ccccc21. The molecule has 1 aliphatic carbocycles. The van der Waals surface area contributed by atoms with Crippen LogP contribution in [-0.4, -0.2) is 30.2 Å². The number of aliphatic carboxylic acids is 1. The van der Waals surface area contributed by atoms with E-state index in [0.717, 1.165) is 54.4 Å². The van der Waals surface area contributed by atoms with Gasteiger partial charge >= 0.3 is 11.9 Å². The molecule has 5 nitrogen and oxygen atoms in total. The number of carboxylic acids is 1. The van der Waals surface area contributed by atoms with E-state index in [2.05, 4.69) is 12.1 Å². The lowest BCUT2D eigenvalue weighted by molar-refractivity contribution is -0.159. The van der Waals surface area contributed by atoms with E-state index in [1.165, 1.54) is 0 Å². The van der Waals surface area contributed by atoms with Crippen molar-refractivity contribution in [2.75, 3.05) is 13.2 Å². The molecule has 0 heterocycles. The summed E-state index contributed by atoms with van der Waals surface area (Å²) in [6.07, 6.45) is 6.22. The van der Waals surface area contributed by atoms with E-state index in [1.54, 1.807) is 0 Å². The maximum atomic E-state index is 12.6. The van der Waals surface area contributed by atoms with Gasteiger partial charge in [-0.3, -0.25) is 9.59 Å². The Bertz CT molecular complexity index is 818. The normalized spacial score (nSPS) is 13.5. The van der Waals surface area contributed by atoms with Crippen molar-refractivity contribution < 1.29 is 19.4 Å². The van der Waals surface area contributed by atoms with Crippen molar-refractivity contribution in [1.82, 2.24) is 0 Å². The van der Waals surface area contributed by atoms with Gasteiger partial charge in [0.1, 0.15) is 6.61 Å². The first kappa shape index (κ1) is 22.0. The van der Waals surface area contributed by atoms with E-state index in [-0.39, 0.29) is 12.5 Å². The molecule has 0 saturated carbocycles. The summed E-state index contributed by atoms with van der Waals surface area (Å²) in [5, 5.41) is 9.51. The van der Waals surface area contributed by atoms with E-state index in [4.69, 9.17) is 10.5 Å². The maximum Gasteiger partial charge on any atom is 0.320 e. The molecule has 2 aromatic rings. The fourth-order valence-electron chi connectivity index (χ4n) is 4.25. The van der Waals surface area contributed by atoms with Crippen LogP contribution in [0, 0.1) is 5.92 Å². The molecule has 3 N–H and O–H groups in total. The summed E-state index contributed by atoms with van der Waals surface area (Å²) in [5.41, 5.74) is 10.0. The Hall–Kier alpha value is -2.66. The highest BCUT2D eigenvalue weighted by molar-refractivity contribution is 5.94. The van der Waals surface area contributed by atoms with Gasteiger partial charge in [-0.25, -0.2) is 0 Å². The topological polar surface area (TPSA) is 89.6 Å². The summed E-state index contributed by atoms with van der Waals surface area (Å²) in [4.78, 5) is 24.2. The first-order chi connectivity index (χ1) is 14.6. The van der Waals surface area contributed by atoms with Gasteiger partial charge in [-0.15, -0.1) is 0 Å². The Balaban J connectivity index is 1.55. The molecule has 2 aromatic carbocycles. The number of benzene rings is 2. The fourth-order valence-corrected chi connectivity index (χ4v) is 4.25. The van der Waals surface area contributed by atoms with Crippen LogP contribution >= 0.6 is 0 Å². The molecule has 3 rings (SSSR count). The van der Waals surface area contributed by atoms with Gasteiger partial charge < -0.3 is 15.6 Å². The van der Waals surface area contributed by atoms with Crippen molar-refractivity contribution in [3.05, 3.63) is 59.7 Å². The first-order valence-corrected chi connectivity index (χ1v) is 10.9. The van der Waals surface area contributed by atoms with Crippen molar-refractivity contribution in [2.24, 2.45) is 11.7 Å².